The Morgan fingerprint density at radius 3 is 2.26 bits per heavy atom. The Balaban J connectivity index is 2.24. The van der Waals surface area contributed by atoms with Crippen LogP contribution < -0.4 is 9.46 Å². The molecule has 2 aromatic rings. The third-order valence-corrected chi connectivity index (χ3v) is 4.24. The molecule has 0 aliphatic heterocycles. The monoisotopic (exact) mass is 345 g/mol. The third-order valence-electron chi connectivity index (χ3n) is 2.85. The minimum atomic E-state index is -4.51. The quantitative estimate of drug-likeness (QED) is 0.898. The molecule has 2 rings (SSSR count). The molecule has 0 amide bonds. The van der Waals surface area contributed by atoms with Crippen LogP contribution in [0.2, 0.25) is 0 Å². The average Bonchev–Trinajstić information content (AvgIpc) is 2.45. The number of anilines is 1. The molecule has 0 fully saturated rings. The van der Waals surface area contributed by atoms with Crippen LogP contribution in [0.25, 0.3) is 0 Å². The minimum Gasteiger partial charge on any atom is -0.482 e. The number of ether oxygens (including phenoxy) is 1. The lowest BCUT2D eigenvalue weighted by Crippen LogP contribution is -2.20. The van der Waals surface area contributed by atoms with Crippen LogP contribution in [-0.2, 0) is 10.0 Å². The Morgan fingerprint density at radius 1 is 1.04 bits per heavy atom. The summed E-state index contributed by atoms with van der Waals surface area (Å²) in [5.74, 6) is -0.194. The molecule has 0 unspecified atom stereocenters. The molecule has 0 heterocycles. The van der Waals surface area contributed by atoms with E-state index in [1.165, 1.54) is 36.4 Å². The zero-order valence-corrected chi connectivity index (χ0v) is 12.9. The van der Waals surface area contributed by atoms with E-state index in [0.717, 1.165) is 5.56 Å². The molecule has 0 aliphatic carbocycles. The van der Waals surface area contributed by atoms with E-state index in [-0.39, 0.29) is 16.3 Å². The molecule has 0 spiro atoms. The third kappa shape index (κ3) is 4.88. The van der Waals surface area contributed by atoms with E-state index in [0.29, 0.717) is 0 Å². The normalized spacial score (nSPS) is 12.0. The molecule has 2 aromatic carbocycles. The van der Waals surface area contributed by atoms with Gasteiger partial charge in [-0.15, -0.1) is 0 Å². The smallest absolute Gasteiger partial charge is 0.422 e. The number of hydrogen-bond donors (Lipinski definition) is 1. The molecule has 0 saturated carbocycles. The number of benzene rings is 2. The number of hydrogen-bond acceptors (Lipinski definition) is 3. The van der Waals surface area contributed by atoms with Gasteiger partial charge in [0.05, 0.1) is 10.6 Å². The number of halogens is 3. The molecular weight excluding hydrogens is 331 g/mol. The summed E-state index contributed by atoms with van der Waals surface area (Å²) >= 11 is 0. The van der Waals surface area contributed by atoms with Crippen LogP contribution in [0.3, 0.4) is 0 Å². The summed E-state index contributed by atoms with van der Waals surface area (Å²) in [7, 11) is -3.92. The molecule has 0 saturated heterocycles. The van der Waals surface area contributed by atoms with Gasteiger partial charge in [-0.25, -0.2) is 8.42 Å². The SMILES string of the molecule is Cc1ccc(S(=O)(=O)Nc2ccccc2OCC(F)(F)F)cc1. The number of alkyl halides is 3. The van der Waals surface area contributed by atoms with Gasteiger partial charge in [0, 0.05) is 0 Å². The number of para-hydroxylation sites is 2. The van der Waals surface area contributed by atoms with Gasteiger partial charge in [0.2, 0.25) is 0 Å². The lowest BCUT2D eigenvalue weighted by molar-refractivity contribution is -0.153. The molecule has 0 aromatic heterocycles. The Bertz CT molecular complexity index is 771. The molecular formula is C15H14F3NO3S. The van der Waals surface area contributed by atoms with E-state index < -0.39 is 22.8 Å². The Kier molecular flexibility index (Phi) is 4.84. The number of sulfonamides is 1. The van der Waals surface area contributed by atoms with Crippen LogP contribution in [0, 0.1) is 6.92 Å². The summed E-state index contributed by atoms with van der Waals surface area (Å²) in [5.41, 5.74) is 0.829. The second-order valence-electron chi connectivity index (χ2n) is 4.82. The van der Waals surface area contributed by atoms with Crippen LogP contribution in [0.4, 0.5) is 18.9 Å². The zero-order chi connectivity index (χ0) is 17.1. The fraction of sp³-hybridized carbons (Fsp3) is 0.200. The summed E-state index contributed by atoms with van der Waals surface area (Å²) in [6.45, 7) is 0.306. The summed E-state index contributed by atoms with van der Waals surface area (Å²) in [6, 6.07) is 11.6. The molecule has 0 radical (unpaired) electrons. The maximum atomic E-state index is 12.3. The van der Waals surface area contributed by atoms with E-state index in [9.17, 15) is 21.6 Å². The van der Waals surface area contributed by atoms with Crippen LogP contribution >= 0.6 is 0 Å². The standard InChI is InChI=1S/C15H14F3NO3S/c1-11-6-8-12(9-7-11)23(20,21)19-13-4-2-3-5-14(13)22-10-15(16,17)18/h2-9,19H,10H2,1H3. The molecule has 4 nitrogen and oxygen atoms in total. The topological polar surface area (TPSA) is 55.4 Å². The second-order valence-corrected chi connectivity index (χ2v) is 6.50. The highest BCUT2D eigenvalue weighted by Gasteiger charge is 2.29. The van der Waals surface area contributed by atoms with Gasteiger partial charge in [-0.05, 0) is 31.2 Å². The van der Waals surface area contributed by atoms with Gasteiger partial charge in [-0.3, -0.25) is 4.72 Å². The fourth-order valence-electron chi connectivity index (χ4n) is 1.76. The number of aryl methyl sites for hydroxylation is 1. The Morgan fingerprint density at radius 2 is 1.65 bits per heavy atom. The van der Waals surface area contributed by atoms with Gasteiger partial charge in [-0.2, -0.15) is 13.2 Å². The van der Waals surface area contributed by atoms with Crippen LogP contribution in [0.5, 0.6) is 5.75 Å². The maximum absolute atomic E-state index is 12.3. The molecule has 23 heavy (non-hydrogen) atoms. The maximum Gasteiger partial charge on any atom is 0.422 e. The van der Waals surface area contributed by atoms with Gasteiger partial charge in [-0.1, -0.05) is 29.8 Å². The first-order valence-corrected chi connectivity index (χ1v) is 8.04. The predicted octanol–water partition coefficient (Wildman–Crippen LogP) is 3.74. The summed E-state index contributed by atoms with van der Waals surface area (Å²) in [4.78, 5) is 0.00808. The first-order chi connectivity index (χ1) is 10.7. The van der Waals surface area contributed by atoms with E-state index in [1.54, 1.807) is 12.1 Å². The highest BCUT2D eigenvalue weighted by atomic mass is 32.2. The predicted molar refractivity (Wildman–Crippen MR) is 80.0 cm³/mol. The summed E-state index contributed by atoms with van der Waals surface area (Å²) in [6.07, 6.45) is -4.51. The molecule has 0 bridgehead atoms. The highest BCUT2D eigenvalue weighted by Crippen LogP contribution is 2.28. The van der Waals surface area contributed by atoms with Gasteiger partial charge in [0.15, 0.2) is 6.61 Å². The fourth-order valence-corrected chi connectivity index (χ4v) is 2.83. The average molecular weight is 345 g/mol. The van der Waals surface area contributed by atoms with Crippen molar-refractivity contribution in [3.63, 3.8) is 0 Å². The number of nitrogens with one attached hydrogen (secondary N) is 1. The lowest BCUT2D eigenvalue weighted by atomic mass is 10.2. The molecule has 0 atom stereocenters. The van der Waals surface area contributed by atoms with E-state index >= 15 is 0 Å². The molecule has 8 heteroatoms. The van der Waals surface area contributed by atoms with Gasteiger partial charge < -0.3 is 4.74 Å². The van der Waals surface area contributed by atoms with Crippen LogP contribution in [0.1, 0.15) is 5.56 Å². The van der Waals surface area contributed by atoms with Crippen molar-refractivity contribution in [3.05, 3.63) is 54.1 Å². The first kappa shape index (κ1) is 17.1. The second kappa shape index (κ2) is 6.49. The van der Waals surface area contributed by atoms with Crippen molar-refractivity contribution < 1.29 is 26.3 Å². The van der Waals surface area contributed by atoms with Gasteiger partial charge >= 0.3 is 6.18 Å². The van der Waals surface area contributed by atoms with Crippen molar-refractivity contribution in [1.82, 2.24) is 0 Å². The summed E-state index contributed by atoms with van der Waals surface area (Å²) < 4.78 is 68.2. The van der Waals surface area contributed by atoms with Gasteiger partial charge in [0.1, 0.15) is 5.75 Å². The van der Waals surface area contributed by atoms with Crippen LogP contribution in [0.15, 0.2) is 53.4 Å². The summed E-state index contributed by atoms with van der Waals surface area (Å²) in [5, 5.41) is 0. The van der Waals surface area contributed by atoms with Crippen molar-refractivity contribution in [2.75, 3.05) is 11.3 Å². The van der Waals surface area contributed by atoms with E-state index in [2.05, 4.69) is 9.46 Å². The van der Waals surface area contributed by atoms with Crippen molar-refractivity contribution in [2.45, 2.75) is 18.0 Å². The first-order valence-electron chi connectivity index (χ1n) is 6.55. The molecule has 124 valence electrons. The van der Waals surface area contributed by atoms with Crippen LogP contribution in [-0.4, -0.2) is 21.2 Å². The lowest BCUT2D eigenvalue weighted by Gasteiger charge is -2.14. The van der Waals surface area contributed by atoms with Crippen molar-refractivity contribution in [2.24, 2.45) is 0 Å². The van der Waals surface area contributed by atoms with Crippen molar-refractivity contribution in [3.8, 4) is 5.75 Å². The molecule has 1 N–H and O–H groups in total. The van der Waals surface area contributed by atoms with E-state index in [1.807, 2.05) is 6.92 Å². The number of rotatable bonds is 5. The zero-order valence-electron chi connectivity index (χ0n) is 12.1. The Labute approximate surface area is 132 Å². The van der Waals surface area contributed by atoms with Crippen molar-refractivity contribution >= 4 is 15.7 Å². The van der Waals surface area contributed by atoms with E-state index in [4.69, 9.17) is 0 Å². The minimum absolute atomic E-state index is 0.00808. The highest BCUT2D eigenvalue weighted by molar-refractivity contribution is 7.92. The largest absolute Gasteiger partial charge is 0.482 e. The molecule has 0 aliphatic rings. The van der Waals surface area contributed by atoms with Crippen molar-refractivity contribution in [1.29, 1.82) is 0 Å². The Hall–Kier alpha value is -2.22. The van der Waals surface area contributed by atoms with Gasteiger partial charge in [0.25, 0.3) is 10.0 Å².